The maximum absolute atomic E-state index is 5.55. The van der Waals surface area contributed by atoms with Crippen LogP contribution in [0.25, 0.3) is 10.9 Å². The van der Waals surface area contributed by atoms with Gasteiger partial charge < -0.3 is 15.5 Å². The maximum Gasteiger partial charge on any atom is 0.120 e. The van der Waals surface area contributed by atoms with Gasteiger partial charge in [0.05, 0.1) is 7.11 Å². The molecule has 0 aliphatic rings. The topological polar surface area (TPSA) is 51.0 Å². The van der Waals surface area contributed by atoms with Gasteiger partial charge in [0.1, 0.15) is 5.75 Å². The molecule has 3 N–H and O–H groups in total. The Morgan fingerprint density at radius 1 is 1.38 bits per heavy atom. The molecular weight excluding hydrogens is 200 g/mol. The summed E-state index contributed by atoms with van der Waals surface area (Å²) in [6.07, 6.45) is 2.06. The first kappa shape index (κ1) is 11.0. The first-order valence-electron chi connectivity index (χ1n) is 5.61. The summed E-state index contributed by atoms with van der Waals surface area (Å²) in [5.74, 6) is 0.888. The monoisotopic (exact) mass is 218 g/mol. The molecule has 3 heteroatoms. The van der Waals surface area contributed by atoms with Crippen LogP contribution in [0.3, 0.4) is 0 Å². The zero-order chi connectivity index (χ0) is 11.5. The first-order chi connectivity index (χ1) is 7.76. The summed E-state index contributed by atoms with van der Waals surface area (Å²) in [5, 5.41) is 1.28. The van der Waals surface area contributed by atoms with Crippen molar-refractivity contribution in [3.8, 4) is 5.75 Å². The largest absolute Gasteiger partial charge is 0.497 e. The smallest absolute Gasteiger partial charge is 0.120 e. The second-order valence-electron chi connectivity index (χ2n) is 4.03. The molecule has 0 aliphatic carbocycles. The summed E-state index contributed by atoms with van der Waals surface area (Å²) >= 11 is 0. The molecule has 2 aromatic rings. The number of nitrogens with one attached hydrogen (secondary N) is 1. The summed E-state index contributed by atoms with van der Waals surface area (Å²) in [6.45, 7) is 2.85. The molecule has 2 rings (SSSR count). The predicted molar refractivity (Wildman–Crippen MR) is 67.0 cm³/mol. The number of nitrogens with two attached hydrogens (primary N) is 1. The van der Waals surface area contributed by atoms with Crippen LogP contribution in [0, 0.1) is 6.92 Å². The highest BCUT2D eigenvalue weighted by Crippen LogP contribution is 2.26. The fourth-order valence-electron chi connectivity index (χ4n) is 2.10. The Bertz CT molecular complexity index is 488. The molecular formula is C13H18N2O. The van der Waals surface area contributed by atoms with E-state index in [-0.39, 0.29) is 0 Å². The van der Waals surface area contributed by atoms with Gasteiger partial charge in [0.25, 0.3) is 0 Å². The van der Waals surface area contributed by atoms with Crippen molar-refractivity contribution in [3.05, 3.63) is 29.5 Å². The van der Waals surface area contributed by atoms with Crippen LogP contribution in [0.1, 0.15) is 17.7 Å². The minimum Gasteiger partial charge on any atom is -0.497 e. The molecule has 3 nitrogen and oxygen atoms in total. The van der Waals surface area contributed by atoms with Gasteiger partial charge >= 0.3 is 0 Å². The predicted octanol–water partition coefficient (Wildman–Crippen LogP) is 2.38. The van der Waals surface area contributed by atoms with Gasteiger partial charge in [0.2, 0.25) is 0 Å². The Labute approximate surface area is 95.6 Å². The third-order valence-electron chi connectivity index (χ3n) is 2.96. The molecule has 1 heterocycles. The van der Waals surface area contributed by atoms with Crippen LogP contribution in [0.4, 0.5) is 0 Å². The van der Waals surface area contributed by atoms with E-state index in [2.05, 4.69) is 18.0 Å². The summed E-state index contributed by atoms with van der Waals surface area (Å²) in [7, 11) is 1.69. The Balaban J connectivity index is 2.45. The van der Waals surface area contributed by atoms with Crippen molar-refractivity contribution < 1.29 is 4.74 Å². The fraction of sp³-hybridized carbons (Fsp3) is 0.385. The minimum absolute atomic E-state index is 0.738. The zero-order valence-electron chi connectivity index (χ0n) is 9.84. The number of hydrogen-bond acceptors (Lipinski definition) is 2. The Morgan fingerprint density at radius 2 is 2.19 bits per heavy atom. The number of benzene rings is 1. The van der Waals surface area contributed by atoms with Crippen molar-refractivity contribution in [2.24, 2.45) is 5.73 Å². The Hall–Kier alpha value is -1.48. The van der Waals surface area contributed by atoms with Crippen molar-refractivity contribution in [2.75, 3.05) is 13.7 Å². The molecule has 0 aliphatic heterocycles. The number of aromatic amines is 1. The van der Waals surface area contributed by atoms with E-state index in [1.54, 1.807) is 7.11 Å². The number of methoxy groups -OCH3 is 1. The van der Waals surface area contributed by atoms with Crippen LogP contribution in [0.2, 0.25) is 0 Å². The second-order valence-corrected chi connectivity index (χ2v) is 4.03. The van der Waals surface area contributed by atoms with E-state index in [4.69, 9.17) is 10.5 Å². The van der Waals surface area contributed by atoms with E-state index >= 15 is 0 Å². The normalized spacial score (nSPS) is 10.9. The van der Waals surface area contributed by atoms with E-state index < -0.39 is 0 Å². The molecule has 16 heavy (non-hydrogen) atoms. The van der Waals surface area contributed by atoms with Crippen molar-refractivity contribution in [1.82, 2.24) is 4.98 Å². The van der Waals surface area contributed by atoms with Crippen LogP contribution in [-0.2, 0) is 6.42 Å². The number of ether oxygens (including phenoxy) is 1. The number of fused-ring (bicyclic) bond motifs is 1. The van der Waals surface area contributed by atoms with Gasteiger partial charge in [0.15, 0.2) is 0 Å². The average molecular weight is 218 g/mol. The van der Waals surface area contributed by atoms with Gasteiger partial charge in [-0.25, -0.2) is 0 Å². The molecule has 0 saturated heterocycles. The maximum atomic E-state index is 5.55. The molecule has 0 fully saturated rings. The molecule has 1 aromatic carbocycles. The summed E-state index contributed by atoms with van der Waals surface area (Å²) in [4.78, 5) is 3.39. The van der Waals surface area contributed by atoms with E-state index in [1.165, 1.54) is 16.6 Å². The standard InChI is InChI=1S/C13H18N2O/c1-9-11(4-3-7-14)12-6-5-10(16-2)8-13(12)15-9/h5-6,8,15H,3-4,7,14H2,1-2H3. The van der Waals surface area contributed by atoms with Gasteiger partial charge in [-0.05, 0) is 44.0 Å². The van der Waals surface area contributed by atoms with E-state index in [0.29, 0.717) is 0 Å². The molecule has 0 unspecified atom stereocenters. The lowest BCUT2D eigenvalue weighted by atomic mass is 10.1. The number of hydrogen-bond donors (Lipinski definition) is 2. The van der Waals surface area contributed by atoms with E-state index in [0.717, 1.165) is 30.7 Å². The second kappa shape index (κ2) is 4.58. The zero-order valence-corrected chi connectivity index (χ0v) is 9.84. The third kappa shape index (κ3) is 1.91. The van der Waals surface area contributed by atoms with Crippen LogP contribution >= 0.6 is 0 Å². The van der Waals surface area contributed by atoms with Crippen molar-refractivity contribution >= 4 is 10.9 Å². The highest BCUT2D eigenvalue weighted by Gasteiger charge is 2.08. The first-order valence-corrected chi connectivity index (χ1v) is 5.61. The number of rotatable bonds is 4. The van der Waals surface area contributed by atoms with Gasteiger partial charge in [-0.3, -0.25) is 0 Å². The van der Waals surface area contributed by atoms with Crippen LogP contribution in [0.15, 0.2) is 18.2 Å². The number of aromatic nitrogens is 1. The van der Waals surface area contributed by atoms with E-state index in [9.17, 15) is 0 Å². The fourth-order valence-corrected chi connectivity index (χ4v) is 2.10. The molecule has 0 atom stereocenters. The summed E-state index contributed by atoms with van der Waals surface area (Å²) < 4.78 is 5.21. The summed E-state index contributed by atoms with van der Waals surface area (Å²) in [5.41, 5.74) is 9.31. The third-order valence-corrected chi connectivity index (χ3v) is 2.96. The Kier molecular flexibility index (Phi) is 3.15. The number of H-pyrrole nitrogens is 1. The molecule has 0 spiro atoms. The molecule has 86 valence electrons. The number of aryl methyl sites for hydroxylation is 2. The molecule has 0 amide bonds. The lowest BCUT2D eigenvalue weighted by Gasteiger charge is -2.01. The lowest BCUT2D eigenvalue weighted by molar-refractivity contribution is 0.415. The lowest BCUT2D eigenvalue weighted by Crippen LogP contribution is -2.00. The average Bonchev–Trinajstić information content (AvgIpc) is 2.61. The molecule has 1 aromatic heterocycles. The van der Waals surface area contributed by atoms with Crippen molar-refractivity contribution in [2.45, 2.75) is 19.8 Å². The quantitative estimate of drug-likeness (QED) is 0.827. The Morgan fingerprint density at radius 3 is 2.88 bits per heavy atom. The SMILES string of the molecule is COc1ccc2c(CCCN)c(C)[nH]c2c1. The highest BCUT2D eigenvalue weighted by molar-refractivity contribution is 5.85. The minimum atomic E-state index is 0.738. The van der Waals surface area contributed by atoms with Gasteiger partial charge in [-0.2, -0.15) is 0 Å². The van der Waals surface area contributed by atoms with Crippen LogP contribution < -0.4 is 10.5 Å². The van der Waals surface area contributed by atoms with Crippen molar-refractivity contribution in [1.29, 1.82) is 0 Å². The van der Waals surface area contributed by atoms with Gasteiger partial charge in [-0.1, -0.05) is 0 Å². The molecule has 0 saturated carbocycles. The van der Waals surface area contributed by atoms with Crippen LogP contribution in [0.5, 0.6) is 5.75 Å². The highest BCUT2D eigenvalue weighted by atomic mass is 16.5. The molecule has 0 radical (unpaired) electrons. The molecule has 0 bridgehead atoms. The van der Waals surface area contributed by atoms with Gasteiger partial charge in [0, 0.05) is 22.7 Å². The van der Waals surface area contributed by atoms with E-state index in [1.807, 2.05) is 12.1 Å². The van der Waals surface area contributed by atoms with Crippen LogP contribution in [-0.4, -0.2) is 18.6 Å². The summed E-state index contributed by atoms with van der Waals surface area (Å²) in [6, 6.07) is 6.15. The van der Waals surface area contributed by atoms with Gasteiger partial charge in [-0.15, -0.1) is 0 Å². The van der Waals surface area contributed by atoms with Crippen molar-refractivity contribution in [3.63, 3.8) is 0 Å².